The summed E-state index contributed by atoms with van der Waals surface area (Å²) in [5, 5.41) is 24.0. The van der Waals surface area contributed by atoms with E-state index in [1.165, 1.54) is 34.9 Å². The highest BCUT2D eigenvalue weighted by Gasteiger charge is 2.32. The lowest BCUT2D eigenvalue weighted by Crippen LogP contribution is -2.99. The molecular formula is C18H16N6O3S. The minimum absolute atomic E-state index is 0.179. The summed E-state index contributed by atoms with van der Waals surface area (Å²) < 4.78 is 1.24. The third-order valence-electron chi connectivity index (χ3n) is 4.35. The van der Waals surface area contributed by atoms with Crippen LogP contribution in [0.4, 0.5) is 11.5 Å². The second-order valence-electron chi connectivity index (χ2n) is 6.15. The lowest BCUT2D eigenvalue weighted by atomic mass is 10.0. The number of carbonyl (C=O) groups is 1. The van der Waals surface area contributed by atoms with Gasteiger partial charge in [-0.15, -0.1) is 0 Å². The molecule has 0 radical (unpaired) electrons. The molecule has 2 unspecified atom stereocenters. The van der Waals surface area contributed by atoms with Crippen molar-refractivity contribution in [3.05, 3.63) is 76.4 Å². The van der Waals surface area contributed by atoms with Gasteiger partial charge < -0.3 is 10.9 Å². The van der Waals surface area contributed by atoms with Crippen LogP contribution in [0.15, 0.2) is 53.8 Å². The maximum Gasteiger partial charge on any atom is 0.280 e. The van der Waals surface area contributed by atoms with Gasteiger partial charge in [0.25, 0.3) is 5.91 Å². The van der Waals surface area contributed by atoms with Crippen molar-refractivity contribution in [1.82, 2.24) is 14.8 Å². The van der Waals surface area contributed by atoms with Crippen LogP contribution in [0, 0.1) is 12.1 Å². The number of hydrogen-bond donors (Lipinski definition) is 3. The van der Waals surface area contributed by atoms with E-state index < -0.39 is 5.23 Å². The second kappa shape index (κ2) is 7.17. The minimum atomic E-state index is -1.01. The molecule has 4 N–H and O–H groups in total. The molecule has 28 heavy (non-hydrogen) atoms. The second-order valence-corrected chi connectivity index (χ2v) is 7.28. The predicted molar refractivity (Wildman–Crippen MR) is 104 cm³/mol. The molecule has 0 amide bonds. The van der Waals surface area contributed by atoms with Gasteiger partial charge in [-0.2, -0.15) is 15.0 Å². The smallest absolute Gasteiger partial charge is 0.280 e. The molecular weight excluding hydrogens is 380 g/mol. The number of aromatic nitrogens is 3. The molecule has 0 saturated heterocycles. The predicted octanol–water partition coefficient (Wildman–Crippen LogP) is 1.46. The number of hydrogen-bond acceptors (Lipinski definition) is 8. The Morgan fingerprint density at radius 3 is 2.79 bits per heavy atom. The average molecular weight is 396 g/mol. The summed E-state index contributed by atoms with van der Waals surface area (Å²) in [4.78, 5) is 21.2. The number of amidine groups is 1. The van der Waals surface area contributed by atoms with Gasteiger partial charge in [0.05, 0.1) is 10.9 Å². The molecule has 4 rings (SSSR count). The third kappa shape index (κ3) is 3.18. The molecule has 1 aliphatic rings. The molecule has 10 heteroatoms. The molecule has 3 aromatic rings. The topological polar surface area (TPSA) is 134 Å². The Morgan fingerprint density at radius 1 is 1.32 bits per heavy atom. The fourth-order valence-electron chi connectivity index (χ4n) is 3.08. The van der Waals surface area contributed by atoms with E-state index in [9.17, 15) is 15.2 Å². The van der Waals surface area contributed by atoms with Gasteiger partial charge in [-0.05, 0) is 24.6 Å². The Kier molecular flexibility index (Phi) is 4.69. The van der Waals surface area contributed by atoms with E-state index in [2.05, 4.69) is 15.1 Å². The van der Waals surface area contributed by atoms with Gasteiger partial charge in [0.1, 0.15) is 0 Å². The standard InChI is InChI=1S/C18H16N6O3S/c1-10-14-15(12-3-2-4-13(9-12)24(26)27)28-18(19)21-16(14)23(22-10)17(25)11-5-7-20-8-6-11/h2-9,15,24,26H,1H3,(H2,19,21). The van der Waals surface area contributed by atoms with Crippen LogP contribution >= 0.6 is 11.8 Å². The molecule has 0 bridgehead atoms. The van der Waals surface area contributed by atoms with Gasteiger partial charge in [-0.25, -0.2) is 10.2 Å². The van der Waals surface area contributed by atoms with E-state index in [0.717, 1.165) is 11.1 Å². The number of nitrogens with zero attached hydrogens (tertiary/aromatic N) is 4. The lowest BCUT2D eigenvalue weighted by Gasteiger charge is -2.22. The average Bonchev–Trinajstić information content (AvgIpc) is 3.03. The van der Waals surface area contributed by atoms with Crippen LogP contribution in [0.5, 0.6) is 0 Å². The molecule has 142 valence electrons. The van der Waals surface area contributed by atoms with Crippen LogP contribution in [0.3, 0.4) is 0 Å². The number of aliphatic imine (C=N–C) groups is 1. The van der Waals surface area contributed by atoms with Crippen LogP contribution < -0.4 is 11.0 Å². The summed E-state index contributed by atoms with van der Waals surface area (Å²) in [5.41, 5.74) is 8.76. The highest BCUT2D eigenvalue weighted by molar-refractivity contribution is 8.14. The number of benzene rings is 1. The van der Waals surface area contributed by atoms with E-state index in [-0.39, 0.29) is 22.0 Å². The van der Waals surface area contributed by atoms with E-state index in [1.807, 2.05) is 6.07 Å². The molecule has 2 atom stereocenters. The molecule has 3 heterocycles. The van der Waals surface area contributed by atoms with Crippen LogP contribution in [0.25, 0.3) is 0 Å². The first kappa shape index (κ1) is 18.3. The van der Waals surface area contributed by atoms with E-state index in [4.69, 9.17) is 5.73 Å². The number of carbonyl (C=O) groups excluding carboxylic acids is 1. The minimum Gasteiger partial charge on any atom is -0.595 e. The van der Waals surface area contributed by atoms with Crippen molar-refractivity contribution in [3.63, 3.8) is 0 Å². The van der Waals surface area contributed by atoms with Crippen LogP contribution in [-0.4, -0.2) is 31.0 Å². The maximum atomic E-state index is 12.9. The van der Waals surface area contributed by atoms with Gasteiger partial charge in [0.2, 0.25) is 0 Å². The SMILES string of the molecule is Cc1nn(C(=O)c2ccncc2)c2c1C(c1cccc([NH+]([O-])O)c1)SC(N)=N2. The summed E-state index contributed by atoms with van der Waals surface area (Å²) in [6.45, 7) is 1.79. The summed E-state index contributed by atoms with van der Waals surface area (Å²) >= 11 is 1.30. The van der Waals surface area contributed by atoms with E-state index >= 15 is 0 Å². The zero-order valence-corrected chi connectivity index (χ0v) is 15.6. The van der Waals surface area contributed by atoms with Crippen molar-refractivity contribution in [2.24, 2.45) is 10.7 Å². The van der Waals surface area contributed by atoms with Gasteiger partial charge >= 0.3 is 0 Å². The number of fused-ring (bicyclic) bond motifs is 1. The molecule has 0 spiro atoms. The number of thioether (sulfide) groups is 1. The zero-order valence-electron chi connectivity index (χ0n) is 14.7. The number of aryl methyl sites for hydroxylation is 1. The Labute approximate surface area is 164 Å². The number of nitrogens with two attached hydrogens (primary N) is 1. The first-order chi connectivity index (χ1) is 13.5. The van der Waals surface area contributed by atoms with Crippen molar-refractivity contribution in [1.29, 1.82) is 0 Å². The van der Waals surface area contributed by atoms with Crippen LogP contribution in [0.2, 0.25) is 0 Å². The Bertz CT molecular complexity index is 1080. The first-order valence-electron chi connectivity index (χ1n) is 8.34. The lowest BCUT2D eigenvalue weighted by molar-refractivity contribution is -0.991. The molecule has 1 aliphatic heterocycles. The van der Waals surface area contributed by atoms with Gasteiger partial charge in [-0.1, -0.05) is 23.9 Å². The summed E-state index contributed by atoms with van der Waals surface area (Å²) in [6, 6.07) is 9.84. The third-order valence-corrected chi connectivity index (χ3v) is 5.43. The highest BCUT2D eigenvalue weighted by atomic mass is 32.2. The zero-order chi connectivity index (χ0) is 19.8. The Balaban J connectivity index is 1.83. The molecule has 0 fully saturated rings. The van der Waals surface area contributed by atoms with E-state index in [0.29, 0.717) is 17.1 Å². The van der Waals surface area contributed by atoms with Gasteiger partial charge in [-0.3, -0.25) is 9.78 Å². The number of quaternary nitrogens is 1. The molecule has 0 saturated carbocycles. The van der Waals surface area contributed by atoms with Crippen molar-refractivity contribution < 1.29 is 15.2 Å². The Hall–Kier alpha value is -3.05. The molecule has 9 nitrogen and oxygen atoms in total. The summed E-state index contributed by atoms with van der Waals surface area (Å²) in [6.07, 6.45) is 3.06. The monoisotopic (exact) mass is 396 g/mol. The molecule has 0 aliphatic carbocycles. The number of pyridine rings is 1. The quantitative estimate of drug-likeness (QED) is 0.571. The van der Waals surface area contributed by atoms with Crippen molar-refractivity contribution in [3.8, 4) is 0 Å². The normalized spacial score (nSPS) is 17.0. The molecule has 2 aromatic heterocycles. The van der Waals surface area contributed by atoms with E-state index in [1.54, 1.807) is 31.2 Å². The Morgan fingerprint density at radius 2 is 2.07 bits per heavy atom. The van der Waals surface area contributed by atoms with Gasteiger partial charge in [0, 0.05) is 35.7 Å². The summed E-state index contributed by atoms with van der Waals surface area (Å²) in [5.74, 6) is 0.0227. The summed E-state index contributed by atoms with van der Waals surface area (Å²) in [7, 11) is 0. The maximum absolute atomic E-state index is 12.9. The van der Waals surface area contributed by atoms with Crippen LogP contribution in [0.1, 0.15) is 32.4 Å². The number of rotatable bonds is 3. The van der Waals surface area contributed by atoms with Crippen molar-refractivity contribution in [2.45, 2.75) is 12.2 Å². The fourth-order valence-corrected chi connectivity index (χ4v) is 4.14. The highest BCUT2D eigenvalue weighted by Crippen LogP contribution is 2.46. The fraction of sp³-hybridized carbons (Fsp3) is 0.111. The van der Waals surface area contributed by atoms with Crippen molar-refractivity contribution in [2.75, 3.05) is 0 Å². The molecule has 1 aromatic carbocycles. The van der Waals surface area contributed by atoms with Crippen LogP contribution in [-0.2, 0) is 0 Å². The largest absolute Gasteiger partial charge is 0.595 e. The number of nitrogens with one attached hydrogen (secondary N) is 1. The van der Waals surface area contributed by atoms with Gasteiger partial charge in [0.15, 0.2) is 16.7 Å². The van der Waals surface area contributed by atoms with Crippen molar-refractivity contribution >= 4 is 34.3 Å². The first-order valence-corrected chi connectivity index (χ1v) is 9.22.